The van der Waals surface area contributed by atoms with Crippen LogP contribution in [0, 0.1) is 13.8 Å². The molecular weight excluding hydrogens is 338 g/mol. The molecule has 4 nitrogen and oxygen atoms in total. The molecule has 0 radical (unpaired) electrons. The molecule has 0 spiro atoms. The van der Waals surface area contributed by atoms with Crippen LogP contribution in [-0.4, -0.2) is 19.1 Å². The van der Waals surface area contributed by atoms with Gasteiger partial charge in [0.05, 0.1) is 13.2 Å². The second-order valence-corrected chi connectivity index (χ2v) is 7.41. The first-order valence-corrected chi connectivity index (χ1v) is 9.45. The third kappa shape index (κ3) is 5.25. The summed E-state index contributed by atoms with van der Waals surface area (Å²) in [5, 5.41) is 3.07. The topological polar surface area (TPSA) is 47.6 Å². The van der Waals surface area contributed by atoms with Crippen molar-refractivity contribution in [3.63, 3.8) is 0 Å². The predicted molar refractivity (Wildman–Crippen MR) is 110 cm³/mol. The molecule has 2 aromatic rings. The number of amides is 1. The Morgan fingerprint density at radius 3 is 2.15 bits per heavy atom. The van der Waals surface area contributed by atoms with Crippen molar-refractivity contribution in [1.29, 1.82) is 0 Å². The van der Waals surface area contributed by atoms with Crippen molar-refractivity contribution in [3.05, 3.63) is 58.7 Å². The fraction of sp³-hybridized carbons (Fsp3) is 0.435. The quantitative estimate of drug-likeness (QED) is 0.740. The largest absolute Gasteiger partial charge is 0.496 e. The third-order valence-corrected chi connectivity index (χ3v) is 4.77. The van der Waals surface area contributed by atoms with E-state index in [1.807, 2.05) is 51.1 Å². The van der Waals surface area contributed by atoms with Crippen LogP contribution in [0.25, 0.3) is 0 Å². The van der Waals surface area contributed by atoms with E-state index in [-0.39, 0.29) is 11.9 Å². The lowest BCUT2D eigenvalue weighted by molar-refractivity contribution is -0.127. The van der Waals surface area contributed by atoms with E-state index in [9.17, 15) is 4.79 Å². The first-order valence-electron chi connectivity index (χ1n) is 9.45. The minimum atomic E-state index is -0.571. The molecule has 0 saturated carbocycles. The molecule has 0 fully saturated rings. The second kappa shape index (κ2) is 8.94. The van der Waals surface area contributed by atoms with Crippen molar-refractivity contribution in [2.75, 3.05) is 7.11 Å². The van der Waals surface area contributed by atoms with Gasteiger partial charge in [-0.05, 0) is 74.6 Å². The highest BCUT2D eigenvalue weighted by Gasteiger charge is 2.20. The van der Waals surface area contributed by atoms with Crippen molar-refractivity contribution in [2.45, 2.75) is 59.6 Å². The van der Waals surface area contributed by atoms with E-state index < -0.39 is 6.10 Å². The summed E-state index contributed by atoms with van der Waals surface area (Å²) in [5.74, 6) is 1.79. The summed E-state index contributed by atoms with van der Waals surface area (Å²) in [6.07, 6.45) is -0.571. The van der Waals surface area contributed by atoms with Gasteiger partial charge in [-0.3, -0.25) is 4.79 Å². The van der Waals surface area contributed by atoms with Gasteiger partial charge in [0.15, 0.2) is 6.10 Å². The van der Waals surface area contributed by atoms with Gasteiger partial charge in [-0.2, -0.15) is 0 Å². The first-order chi connectivity index (χ1) is 12.7. The highest BCUT2D eigenvalue weighted by Crippen LogP contribution is 2.32. The number of nitrogens with one attached hydrogen (secondary N) is 1. The Labute approximate surface area is 162 Å². The number of carbonyl (C=O) groups excluding carboxylic acids is 1. The third-order valence-electron chi connectivity index (χ3n) is 4.77. The van der Waals surface area contributed by atoms with E-state index in [2.05, 4.69) is 25.2 Å². The van der Waals surface area contributed by atoms with Crippen LogP contribution in [0.3, 0.4) is 0 Å². The van der Waals surface area contributed by atoms with E-state index in [0.717, 1.165) is 28.0 Å². The SMILES string of the molecule is COc1cc(C)c([C@@H](C)NC(=O)[C@H](C)Oc2ccc(C)cc2)cc1C(C)C. The summed E-state index contributed by atoms with van der Waals surface area (Å²) in [7, 11) is 1.69. The zero-order valence-electron chi connectivity index (χ0n) is 17.4. The molecular formula is C23H31NO3. The number of ether oxygens (including phenoxy) is 2. The number of carbonyl (C=O) groups is 1. The number of hydrogen-bond acceptors (Lipinski definition) is 3. The van der Waals surface area contributed by atoms with Crippen LogP contribution in [0.15, 0.2) is 36.4 Å². The summed E-state index contributed by atoms with van der Waals surface area (Å²) in [6, 6.07) is 11.8. The summed E-state index contributed by atoms with van der Waals surface area (Å²) in [5.41, 5.74) is 4.48. The van der Waals surface area contributed by atoms with E-state index in [1.165, 1.54) is 0 Å². The standard InChI is InChI=1S/C23H31NO3/c1-14(2)20-13-21(16(4)12-22(20)26-7)17(5)24-23(25)18(6)27-19-10-8-15(3)9-11-19/h8-14,17-18H,1-7H3,(H,24,25)/t17-,18+/m1/s1. The van der Waals surface area contributed by atoms with Crippen molar-refractivity contribution in [1.82, 2.24) is 5.32 Å². The summed E-state index contributed by atoms with van der Waals surface area (Å²) in [4.78, 5) is 12.6. The second-order valence-electron chi connectivity index (χ2n) is 7.41. The monoisotopic (exact) mass is 369 g/mol. The van der Waals surface area contributed by atoms with Crippen molar-refractivity contribution in [2.24, 2.45) is 0 Å². The first kappa shape index (κ1) is 20.8. The lowest BCUT2D eigenvalue weighted by atomic mass is 9.93. The van der Waals surface area contributed by atoms with Crippen molar-refractivity contribution < 1.29 is 14.3 Å². The Bertz CT molecular complexity index is 781. The Balaban J connectivity index is 2.11. The maximum Gasteiger partial charge on any atom is 0.261 e. The minimum absolute atomic E-state index is 0.120. The molecule has 0 bridgehead atoms. The number of rotatable bonds is 7. The number of benzene rings is 2. The number of methoxy groups -OCH3 is 1. The van der Waals surface area contributed by atoms with Gasteiger partial charge >= 0.3 is 0 Å². The van der Waals surface area contributed by atoms with Gasteiger partial charge in [-0.25, -0.2) is 0 Å². The molecule has 0 aliphatic heterocycles. The van der Waals surface area contributed by atoms with Crippen molar-refractivity contribution >= 4 is 5.91 Å². The van der Waals surface area contributed by atoms with Crippen LogP contribution in [-0.2, 0) is 4.79 Å². The maximum absolute atomic E-state index is 12.6. The molecule has 146 valence electrons. The van der Waals surface area contributed by atoms with E-state index in [1.54, 1.807) is 14.0 Å². The summed E-state index contributed by atoms with van der Waals surface area (Å²) in [6.45, 7) is 12.1. The lowest BCUT2D eigenvalue weighted by Gasteiger charge is -2.22. The normalized spacial score (nSPS) is 13.2. The molecule has 2 aromatic carbocycles. The molecule has 2 atom stereocenters. The predicted octanol–water partition coefficient (Wildman–Crippen LogP) is 5.08. The van der Waals surface area contributed by atoms with Crippen LogP contribution in [0.4, 0.5) is 0 Å². The Morgan fingerprint density at radius 1 is 0.963 bits per heavy atom. The highest BCUT2D eigenvalue weighted by atomic mass is 16.5. The van der Waals surface area contributed by atoms with Gasteiger partial charge in [-0.15, -0.1) is 0 Å². The van der Waals surface area contributed by atoms with Gasteiger partial charge in [0.25, 0.3) is 5.91 Å². The molecule has 4 heteroatoms. The van der Waals surface area contributed by atoms with Crippen LogP contribution in [0.5, 0.6) is 11.5 Å². The van der Waals surface area contributed by atoms with Gasteiger partial charge in [-0.1, -0.05) is 31.5 Å². The highest BCUT2D eigenvalue weighted by molar-refractivity contribution is 5.81. The van der Waals surface area contributed by atoms with Crippen LogP contribution < -0.4 is 14.8 Å². The zero-order valence-corrected chi connectivity index (χ0v) is 17.4. The maximum atomic E-state index is 12.6. The summed E-state index contributed by atoms with van der Waals surface area (Å²) < 4.78 is 11.3. The number of hydrogen-bond donors (Lipinski definition) is 1. The number of aryl methyl sites for hydroxylation is 2. The Morgan fingerprint density at radius 2 is 1.59 bits per heavy atom. The summed E-state index contributed by atoms with van der Waals surface area (Å²) >= 11 is 0. The molecule has 1 amide bonds. The zero-order chi connectivity index (χ0) is 20.1. The lowest BCUT2D eigenvalue weighted by Crippen LogP contribution is -2.38. The van der Waals surface area contributed by atoms with Gasteiger partial charge in [0.1, 0.15) is 11.5 Å². The molecule has 0 unspecified atom stereocenters. The molecule has 0 aromatic heterocycles. The average molecular weight is 370 g/mol. The van der Waals surface area contributed by atoms with E-state index in [4.69, 9.17) is 9.47 Å². The van der Waals surface area contributed by atoms with Gasteiger partial charge < -0.3 is 14.8 Å². The van der Waals surface area contributed by atoms with Crippen LogP contribution in [0.2, 0.25) is 0 Å². The molecule has 0 aliphatic carbocycles. The molecule has 2 rings (SSSR count). The Kier molecular flexibility index (Phi) is 6.89. The van der Waals surface area contributed by atoms with Crippen LogP contribution in [0.1, 0.15) is 61.9 Å². The van der Waals surface area contributed by atoms with E-state index in [0.29, 0.717) is 11.7 Å². The van der Waals surface area contributed by atoms with Crippen LogP contribution >= 0.6 is 0 Å². The van der Waals surface area contributed by atoms with E-state index >= 15 is 0 Å². The minimum Gasteiger partial charge on any atom is -0.496 e. The molecule has 1 N–H and O–H groups in total. The van der Waals surface area contributed by atoms with Gasteiger partial charge in [0.2, 0.25) is 0 Å². The molecule has 0 saturated heterocycles. The average Bonchev–Trinajstić information content (AvgIpc) is 2.62. The van der Waals surface area contributed by atoms with Crippen molar-refractivity contribution in [3.8, 4) is 11.5 Å². The molecule has 0 aliphatic rings. The molecule has 27 heavy (non-hydrogen) atoms. The molecule has 0 heterocycles. The Hall–Kier alpha value is -2.49. The smallest absolute Gasteiger partial charge is 0.261 e. The fourth-order valence-corrected chi connectivity index (χ4v) is 3.09. The van der Waals surface area contributed by atoms with Gasteiger partial charge in [0, 0.05) is 0 Å². The fourth-order valence-electron chi connectivity index (χ4n) is 3.09.